The van der Waals surface area contributed by atoms with Crippen molar-refractivity contribution in [3.8, 4) is 5.75 Å². The van der Waals surface area contributed by atoms with Crippen LogP contribution in [0.4, 0.5) is 5.82 Å². The molecule has 1 aliphatic carbocycles. The number of carbonyl (C=O) groups is 1. The summed E-state index contributed by atoms with van der Waals surface area (Å²) in [5.41, 5.74) is 4.69. The minimum Gasteiger partial charge on any atom is -0.497 e. The van der Waals surface area contributed by atoms with Crippen LogP contribution >= 0.6 is 0 Å². The second-order valence-electron chi connectivity index (χ2n) is 7.92. The van der Waals surface area contributed by atoms with Crippen molar-refractivity contribution in [3.05, 3.63) is 77.0 Å². The minimum atomic E-state index is -0.0665. The molecule has 0 saturated heterocycles. The average Bonchev–Trinajstić information content (AvgIpc) is 3.16. The molecule has 1 aromatic heterocycles. The summed E-state index contributed by atoms with van der Waals surface area (Å²) in [7, 11) is 3.60. The Balaban J connectivity index is 1.29. The van der Waals surface area contributed by atoms with Crippen molar-refractivity contribution in [2.75, 3.05) is 19.5 Å². The Hall–Kier alpha value is -3.12. The van der Waals surface area contributed by atoms with Crippen LogP contribution < -0.4 is 15.4 Å². The number of nitrogens with one attached hydrogen (secondary N) is 3. The number of methoxy groups -OCH3 is 1. The molecule has 0 atom stereocenters. The molecule has 0 spiro atoms. The summed E-state index contributed by atoms with van der Waals surface area (Å²) in [5.74, 6) is 2.39. The van der Waals surface area contributed by atoms with Gasteiger partial charge in [0.1, 0.15) is 11.6 Å². The predicted molar refractivity (Wildman–Crippen MR) is 118 cm³/mol. The Labute approximate surface area is 177 Å². The summed E-state index contributed by atoms with van der Waals surface area (Å²) >= 11 is 0. The molecule has 1 saturated carbocycles. The first-order valence-electron chi connectivity index (χ1n) is 10.4. The number of hydrogen-bond acceptors (Lipinski definition) is 4. The van der Waals surface area contributed by atoms with Crippen LogP contribution in [0.2, 0.25) is 0 Å². The number of aromatic nitrogens is 2. The van der Waals surface area contributed by atoms with Crippen LogP contribution in [-0.2, 0) is 17.8 Å². The van der Waals surface area contributed by atoms with Gasteiger partial charge in [0.25, 0.3) is 0 Å². The molecule has 1 heterocycles. The van der Waals surface area contributed by atoms with Gasteiger partial charge >= 0.3 is 0 Å². The molecule has 1 aliphatic rings. The normalized spacial score (nSPS) is 17.9. The minimum absolute atomic E-state index is 0.0665. The van der Waals surface area contributed by atoms with Gasteiger partial charge in [-0.2, -0.15) is 5.10 Å². The largest absolute Gasteiger partial charge is 0.497 e. The zero-order chi connectivity index (χ0) is 20.9. The lowest BCUT2D eigenvalue weighted by Gasteiger charge is -2.34. The number of carbonyl (C=O) groups excluding carboxylic acids is 1. The Morgan fingerprint density at radius 3 is 2.63 bits per heavy atom. The molecule has 30 heavy (non-hydrogen) atoms. The van der Waals surface area contributed by atoms with Gasteiger partial charge < -0.3 is 15.4 Å². The molecule has 3 N–H and O–H groups in total. The van der Waals surface area contributed by atoms with Crippen molar-refractivity contribution in [2.45, 2.75) is 37.6 Å². The van der Waals surface area contributed by atoms with Crippen LogP contribution in [-0.4, -0.2) is 30.3 Å². The van der Waals surface area contributed by atoms with Crippen molar-refractivity contribution in [1.29, 1.82) is 0 Å². The summed E-state index contributed by atoms with van der Waals surface area (Å²) in [6.45, 7) is 0.892. The lowest BCUT2D eigenvalue weighted by Crippen LogP contribution is -2.20. The number of rotatable bonds is 8. The second kappa shape index (κ2) is 9.13. The van der Waals surface area contributed by atoms with Gasteiger partial charge in [0.15, 0.2) is 0 Å². The number of aromatic amines is 1. The number of ether oxygens (including phenoxy) is 1. The number of H-pyrrole nitrogens is 1. The highest BCUT2D eigenvalue weighted by Crippen LogP contribution is 2.47. The Kier molecular flexibility index (Phi) is 6.14. The summed E-state index contributed by atoms with van der Waals surface area (Å²) in [4.78, 5) is 12.3. The van der Waals surface area contributed by atoms with E-state index in [-0.39, 0.29) is 5.91 Å². The summed E-state index contributed by atoms with van der Waals surface area (Å²) in [6.07, 6.45) is 2.49. The maximum absolute atomic E-state index is 12.3. The van der Waals surface area contributed by atoms with Gasteiger partial charge in [0.05, 0.1) is 19.2 Å². The van der Waals surface area contributed by atoms with Gasteiger partial charge in [-0.15, -0.1) is 0 Å². The van der Waals surface area contributed by atoms with Gasteiger partial charge in [-0.1, -0.05) is 36.4 Å². The van der Waals surface area contributed by atoms with E-state index >= 15 is 0 Å². The summed E-state index contributed by atoms with van der Waals surface area (Å²) in [6, 6.07) is 18.3. The topological polar surface area (TPSA) is 79.0 Å². The van der Waals surface area contributed by atoms with E-state index in [0.717, 1.165) is 36.4 Å². The number of anilines is 1. The van der Waals surface area contributed by atoms with Crippen molar-refractivity contribution in [3.63, 3.8) is 0 Å². The highest BCUT2D eigenvalue weighted by molar-refractivity contribution is 5.91. The lowest BCUT2D eigenvalue weighted by molar-refractivity contribution is -0.115. The fourth-order valence-corrected chi connectivity index (χ4v) is 4.03. The second-order valence-corrected chi connectivity index (χ2v) is 7.92. The van der Waals surface area contributed by atoms with E-state index in [9.17, 15) is 4.79 Å². The van der Waals surface area contributed by atoms with E-state index in [1.165, 1.54) is 11.1 Å². The van der Waals surface area contributed by atoms with Crippen molar-refractivity contribution >= 4 is 11.7 Å². The molecular formula is C24H28N4O2. The molecule has 6 nitrogen and oxygen atoms in total. The van der Waals surface area contributed by atoms with Gasteiger partial charge in [-0.05, 0) is 54.6 Å². The first-order chi connectivity index (χ1) is 14.6. The van der Waals surface area contributed by atoms with Crippen LogP contribution in [0, 0.1) is 0 Å². The van der Waals surface area contributed by atoms with E-state index in [1.807, 2.05) is 37.4 Å². The molecule has 2 aromatic carbocycles. The van der Waals surface area contributed by atoms with E-state index in [4.69, 9.17) is 4.74 Å². The average molecular weight is 405 g/mol. The third kappa shape index (κ3) is 4.71. The molecule has 3 aromatic rings. The molecule has 1 fully saturated rings. The van der Waals surface area contributed by atoms with Gasteiger partial charge in [-0.3, -0.25) is 9.89 Å². The Bertz CT molecular complexity index is 990. The fourth-order valence-electron chi connectivity index (χ4n) is 4.03. The fraction of sp³-hybridized carbons (Fsp3) is 0.333. The molecule has 1 amide bonds. The number of nitrogens with zero attached hydrogens (tertiary/aromatic N) is 1. The lowest BCUT2D eigenvalue weighted by atomic mass is 9.70. The molecule has 0 radical (unpaired) electrons. The molecule has 0 bridgehead atoms. The predicted octanol–water partition coefficient (Wildman–Crippen LogP) is 3.98. The van der Waals surface area contributed by atoms with E-state index in [0.29, 0.717) is 24.1 Å². The van der Waals surface area contributed by atoms with Gasteiger partial charge in [0, 0.05) is 18.5 Å². The van der Waals surface area contributed by atoms with Crippen molar-refractivity contribution in [1.82, 2.24) is 15.5 Å². The molecular weight excluding hydrogens is 376 g/mol. The smallest absolute Gasteiger partial charge is 0.229 e. The number of benzene rings is 2. The quantitative estimate of drug-likeness (QED) is 0.531. The van der Waals surface area contributed by atoms with Crippen LogP contribution in [0.1, 0.15) is 47.1 Å². The SMILES string of the molecule is CNCc1cccc(C2CC(c3cc(NC(=O)Cc4ccc(OC)cc4)[nH]n3)C2)c1. The number of hydrogen-bond donors (Lipinski definition) is 3. The highest BCUT2D eigenvalue weighted by Gasteiger charge is 2.33. The molecule has 156 valence electrons. The number of amides is 1. The first kappa shape index (κ1) is 20.2. The van der Waals surface area contributed by atoms with E-state index < -0.39 is 0 Å². The van der Waals surface area contributed by atoms with E-state index in [2.05, 4.69) is 45.1 Å². The third-order valence-electron chi connectivity index (χ3n) is 5.76. The van der Waals surface area contributed by atoms with Crippen LogP contribution in [0.3, 0.4) is 0 Å². The Morgan fingerprint density at radius 2 is 1.90 bits per heavy atom. The van der Waals surface area contributed by atoms with Gasteiger partial charge in [-0.25, -0.2) is 0 Å². The van der Waals surface area contributed by atoms with Gasteiger partial charge in [0.2, 0.25) is 5.91 Å². The highest BCUT2D eigenvalue weighted by atomic mass is 16.5. The molecule has 6 heteroatoms. The molecule has 0 aliphatic heterocycles. The zero-order valence-corrected chi connectivity index (χ0v) is 17.4. The Morgan fingerprint density at radius 1 is 1.10 bits per heavy atom. The first-order valence-corrected chi connectivity index (χ1v) is 10.4. The molecule has 0 unspecified atom stereocenters. The zero-order valence-electron chi connectivity index (χ0n) is 17.4. The monoisotopic (exact) mass is 404 g/mol. The molecule has 4 rings (SSSR count). The van der Waals surface area contributed by atoms with Crippen LogP contribution in [0.15, 0.2) is 54.6 Å². The van der Waals surface area contributed by atoms with Crippen LogP contribution in [0.25, 0.3) is 0 Å². The van der Waals surface area contributed by atoms with E-state index in [1.54, 1.807) is 7.11 Å². The van der Waals surface area contributed by atoms with Crippen LogP contribution in [0.5, 0.6) is 5.75 Å². The third-order valence-corrected chi connectivity index (χ3v) is 5.76. The summed E-state index contributed by atoms with van der Waals surface area (Å²) < 4.78 is 5.15. The summed E-state index contributed by atoms with van der Waals surface area (Å²) in [5, 5.41) is 13.5. The van der Waals surface area contributed by atoms with Crippen molar-refractivity contribution < 1.29 is 9.53 Å². The van der Waals surface area contributed by atoms with Crippen molar-refractivity contribution in [2.24, 2.45) is 0 Å². The maximum Gasteiger partial charge on any atom is 0.229 e. The maximum atomic E-state index is 12.3. The standard InChI is InChI=1S/C24H28N4O2/c1-25-15-17-4-3-5-18(10-17)19-12-20(13-19)22-14-23(28-27-22)26-24(29)11-16-6-8-21(30-2)9-7-16/h3-10,14,19-20,25H,11-13,15H2,1-2H3,(H2,26,27,28,29).